The van der Waals surface area contributed by atoms with Crippen LogP contribution in [0.5, 0.6) is 5.75 Å². The standard InChI is InChI=1S/C14H11FO2S/c1-17-11-8-6-10(7-9-11)14(16)12-4-2-3-5-13(12)18-15/h2-9H,1H3. The second-order valence-electron chi connectivity index (χ2n) is 3.63. The van der Waals surface area contributed by atoms with Crippen molar-refractivity contribution in [3.05, 3.63) is 59.7 Å². The van der Waals surface area contributed by atoms with Gasteiger partial charge in [-0.3, -0.25) is 4.79 Å². The summed E-state index contributed by atoms with van der Waals surface area (Å²) < 4.78 is 17.7. The molecule has 2 nitrogen and oxygen atoms in total. The predicted molar refractivity (Wildman–Crippen MR) is 69.8 cm³/mol. The monoisotopic (exact) mass is 262 g/mol. The fourth-order valence-corrected chi connectivity index (χ4v) is 1.99. The molecule has 0 aliphatic heterocycles. The molecular formula is C14H11FO2S. The largest absolute Gasteiger partial charge is 0.497 e. The van der Waals surface area contributed by atoms with E-state index in [1.165, 1.54) is 0 Å². The number of carbonyl (C=O) groups is 1. The Morgan fingerprint density at radius 2 is 1.78 bits per heavy atom. The van der Waals surface area contributed by atoms with Gasteiger partial charge in [-0.25, -0.2) is 0 Å². The molecule has 2 aromatic rings. The molecule has 0 aliphatic rings. The van der Waals surface area contributed by atoms with Crippen LogP contribution in [0.25, 0.3) is 0 Å². The third kappa shape index (κ3) is 2.54. The van der Waals surface area contributed by atoms with E-state index in [1.54, 1.807) is 55.6 Å². The molecule has 4 heteroatoms. The van der Waals surface area contributed by atoms with Gasteiger partial charge in [0, 0.05) is 11.1 Å². The van der Waals surface area contributed by atoms with Gasteiger partial charge in [0.25, 0.3) is 0 Å². The highest BCUT2D eigenvalue weighted by atomic mass is 32.2. The van der Waals surface area contributed by atoms with Crippen molar-refractivity contribution in [1.82, 2.24) is 0 Å². The summed E-state index contributed by atoms with van der Waals surface area (Å²) in [6.07, 6.45) is 0. The van der Waals surface area contributed by atoms with Crippen LogP contribution >= 0.6 is 12.1 Å². The maximum atomic E-state index is 12.7. The topological polar surface area (TPSA) is 26.3 Å². The van der Waals surface area contributed by atoms with Crippen molar-refractivity contribution < 1.29 is 13.4 Å². The van der Waals surface area contributed by atoms with E-state index in [0.29, 0.717) is 21.8 Å². The van der Waals surface area contributed by atoms with Crippen LogP contribution in [-0.4, -0.2) is 12.9 Å². The van der Waals surface area contributed by atoms with Gasteiger partial charge in [0.05, 0.1) is 24.2 Å². The van der Waals surface area contributed by atoms with Crippen molar-refractivity contribution in [2.45, 2.75) is 4.90 Å². The highest BCUT2D eigenvalue weighted by molar-refractivity contribution is 7.94. The maximum absolute atomic E-state index is 12.7. The van der Waals surface area contributed by atoms with Gasteiger partial charge >= 0.3 is 0 Å². The number of halogens is 1. The molecule has 0 bridgehead atoms. The Bertz CT molecular complexity index is 552. The number of carbonyl (C=O) groups excluding carboxylic acids is 1. The quantitative estimate of drug-likeness (QED) is 0.782. The van der Waals surface area contributed by atoms with Gasteiger partial charge in [-0.2, -0.15) is 3.89 Å². The minimum atomic E-state index is -0.196. The van der Waals surface area contributed by atoms with Crippen molar-refractivity contribution in [1.29, 1.82) is 0 Å². The molecule has 2 rings (SSSR count). The Morgan fingerprint density at radius 3 is 2.39 bits per heavy atom. The lowest BCUT2D eigenvalue weighted by Gasteiger charge is -2.05. The summed E-state index contributed by atoms with van der Waals surface area (Å²) in [5.74, 6) is 0.484. The lowest BCUT2D eigenvalue weighted by atomic mass is 10.0. The molecular weight excluding hydrogens is 251 g/mol. The van der Waals surface area contributed by atoms with E-state index in [9.17, 15) is 8.68 Å². The summed E-state index contributed by atoms with van der Waals surface area (Å²) in [6, 6.07) is 13.4. The van der Waals surface area contributed by atoms with Gasteiger partial charge in [0.2, 0.25) is 0 Å². The van der Waals surface area contributed by atoms with Crippen LogP contribution in [-0.2, 0) is 0 Å². The fourth-order valence-electron chi connectivity index (χ4n) is 1.62. The summed E-state index contributed by atoms with van der Waals surface area (Å²) >= 11 is 0.0805. The third-order valence-corrected chi connectivity index (χ3v) is 3.09. The Hall–Kier alpha value is -1.81. The average molecular weight is 262 g/mol. The molecule has 0 aliphatic carbocycles. The molecule has 0 aromatic heterocycles. The molecule has 18 heavy (non-hydrogen) atoms. The summed E-state index contributed by atoms with van der Waals surface area (Å²) in [5.41, 5.74) is 0.882. The van der Waals surface area contributed by atoms with E-state index in [0.717, 1.165) is 0 Å². The first kappa shape index (κ1) is 12.6. The number of hydrogen-bond acceptors (Lipinski definition) is 3. The van der Waals surface area contributed by atoms with Gasteiger partial charge in [-0.1, -0.05) is 12.1 Å². The van der Waals surface area contributed by atoms with E-state index in [4.69, 9.17) is 4.74 Å². The van der Waals surface area contributed by atoms with Crippen molar-refractivity contribution >= 4 is 17.9 Å². The van der Waals surface area contributed by atoms with Crippen LogP contribution in [0.1, 0.15) is 15.9 Å². The van der Waals surface area contributed by atoms with Gasteiger partial charge in [0.1, 0.15) is 5.75 Å². The van der Waals surface area contributed by atoms with Crippen LogP contribution in [0.3, 0.4) is 0 Å². The first-order chi connectivity index (χ1) is 8.76. The van der Waals surface area contributed by atoms with E-state index >= 15 is 0 Å². The van der Waals surface area contributed by atoms with Gasteiger partial charge in [0.15, 0.2) is 5.78 Å². The van der Waals surface area contributed by atoms with E-state index in [-0.39, 0.29) is 17.9 Å². The zero-order valence-electron chi connectivity index (χ0n) is 9.72. The molecule has 2 aromatic carbocycles. The fraction of sp³-hybridized carbons (Fsp3) is 0.0714. The third-order valence-electron chi connectivity index (χ3n) is 2.57. The second kappa shape index (κ2) is 5.69. The van der Waals surface area contributed by atoms with E-state index in [1.807, 2.05) is 0 Å². The number of methoxy groups -OCH3 is 1. The minimum Gasteiger partial charge on any atom is -0.497 e. The lowest BCUT2D eigenvalue weighted by Crippen LogP contribution is -2.02. The van der Waals surface area contributed by atoms with Gasteiger partial charge in [-0.15, -0.1) is 0 Å². The van der Waals surface area contributed by atoms with Crippen molar-refractivity contribution in [2.75, 3.05) is 7.11 Å². The molecule has 92 valence electrons. The summed E-state index contributed by atoms with van der Waals surface area (Å²) in [5, 5.41) is 0. The molecule has 0 fully saturated rings. The first-order valence-corrected chi connectivity index (χ1v) is 6.04. The SMILES string of the molecule is COc1ccc(C(=O)c2ccccc2SF)cc1. The van der Waals surface area contributed by atoms with Crippen LogP contribution in [0.4, 0.5) is 3.89 Å². The molecule has 0 spiro atoms. The van der Waals surface area contributed by atoms with Crippen LogP contribution in [0, 0.1) is 0 Å². The van der Waals surface area contributed by atoms with Crippen LogP contribution in [0.15, 0.2) is 53.4 Å². The normalized spacial score (nSPS) is 10.1. The lowest BCUT2D eigenvalue weighted by molar-refractivity contribution is 0.103. The molecule has 0 N–H and O–H groups in total. The highest BCUT2D eigenvalue weighted by Gasteiger charge is 2.13. The maximum Gasteiger partial charge on any atom is 0.194 e. The molecule has 0 radical (unpaired) electrons. The number of benzene rings is 2. The van der Waals surface area contributed by atoms with Crippen molar-refractivity contribution in [3.63, 3.8) is 0 Å². The summed E-state index contributed by atoms with van der Waals surface area (Å²) in [7, 11) is 1.56. The number of ether oxygens (including phenoxy) is 1. The second-order valence-corrected chi connectivity index (χ2v) is 4.23. The van der Waals surface area contributed by atoms with Crippen LogP contribution < -0.4 is 4.74 Å². The summed E-state index contributed by atoms with van der Waals surface area (Å²) in [4.78, 5) is 12.5. The number of hydrogen-bond donors (Lipinski definition) is 0. The smallest absolute Gasteiger partial charge is 0.194 e. The van der Waals surface area contributed by atoms with Gasteiger partial charge < -0.3 is 4.74 Å². The van der Waals surface area contributed by atoms with E-state index < -0.39 is 0 Å². The number of rotatable bonds is 4. The number of ketones is 1. The van der Waals surface area contributed by atoms with Crippen LogP contribution in [0.2, 0.25) is 0 Å². The Kier molecular flexibility index (Phi) is 3.99. The van der Waals surface area contributed by atoms with E-state index in [2.05, 4.69) is 0 Å². The van der Waals surface area contributed by atoms with Gasteiger partial charge in [-0.05, 0) is 36.4 Å². The van der Waals surface area contributed by atoms with Crippen molar-refractivity contribution in [3.8, 4) is 5.75 Å². The zero-order chi connectivity index (χ0) is 13.0. The Morgan fingerprint density at radius 1 is 1.11 bits per heavy atom. The molecule has 0 saturated carbocycles. The minimum absolute atomic E-state index is 0.0805. The Labute approximate surface area is 109 Å². The predicted octanol–water partition coefficient (Wildman–Crippen LogP) is 3.90. The zero-order valence-corrected chi connectivity index (χ0v) is 10.5. The summed E-state index contributed by atoms with van der Waals surface area (Å²) in [6.45, 7) is 0. The Balaban J connectivity index is 2.35. The average Bonchev–Trinajstić information content (AvgIpc) is 2.46. The highest BCUT2D eigenvalue weighted by Crippen LogP contribution is 2.25. The molecule has 0 amide bonds. The first-order valence-electron chi connectivity index (χ1n) is 5.32. The molecule has 0 saturated heterocycles. The molecule has 0 atom stereocenters. The molecule has 0 heterocycles. The molecule has 0 unspecified atom stereocenters. The van der Waals surface area contributed by atoms with Crippen molar-refractivity contribution in [2.24, 2.45) is 0 Å².